The Morgan fingerprint density at radius 3 is 1.43 bits per heavy atom. The fraction of sp³-hybridized carbons (Fsp3) is 0. The van der Waals surface area contributed by atoms with Crippen LogP contribution in [0.4, 0.5) is 0 Å². The van der Waals surface area contributed by atoms with Gasteiger partial charge in [0.05, 0.1) is 11.1 Å². The van der Waals surface area contributed by atoms with Crippen molar-refractivity contribution in [2.45, 2.75) is 0 Å². The first-order valence-electron chi connectivity index (χ1n) is 15.0. The summed E-state index contributed by atoms with van der Waals surface area (Å²) in [7, 11) is 0. The van der Waals surface area contributed by atoms with E-state index in [4.69, 9.17) is 0 Å². The van der Waals surface area contributed by atoms with Crippen LogP contribution in [0.3, 0.4) is 0 Å². The molecule has 0 aliphatic carbocycles. The molecule has 4 heteroatoms. The van der Waals surface area contributed by atoms with E-state index in [-0.39, 0.29) is 0 Å². The Morgan fingerprint density at radius 1 is 0.391 bits per heavy atom. The lowest BCUT2D eigenvalue weighted by Crippen LogP contribution is -1.92. The van der Waals surface area contributed by atoms with Crippen LogP contribution in [0.15, 0.2) is 146 Å². The minimum atomic E-state index is 0.543. The SMILES string of the molecule is N#Cc1cncc(-c2ccc(-c3c4ccccc4c(-c4ccc(-c5cncc(C#N)c5)cc4)c4c3ccc3ccccc34)cc2)c1. The van der Waals surface area contributed by atoms with Gasteiger partial charge in [-0.15, -0.1) is 0 Å². The molecule has 0 unspecified atom stereocenters. The predicted molar refractivity (Wildman–Crippen MR) is 186 cm³/mol. The maximum absolute atomic E-state index is 9.38. The Labute approximate surface area is 266 Å². The van der Waals surface area contributed by atoms with E-state index in [1.807, 2.05) is 12.1 Å². The Hall–Kier alpha value is -6.62. The van der Waals surface area contributed by atoms with E-state index >= 15 is 0 Å². The number of pyridine rings is 2. The van der Waals surface area contributed by atoms with Crippen molar-refractivity contribution in [1.29, 1.82) is 10.5 Å². The average Bonchev–Trinajstić information content (AvgIpc) is 3.14. The number of nitrogens with zero attached hydrogens (tertiary/aromatic N) is 4. The van der Waals surface area contributed by atoms with Gasteiger partial charge in [0, 0.05) is 35.9 Å². The van der Waals surface area contributed by atoms with Gasteiger partial charge in [0.2, 0.25) is 0 Å². The van der Waals surface area contributed by atoms with E-state index in [0.717, 1.165) is 33.4 Å². The van der Waals surface area contributed by atoms with Crippen LogP contribution in [0.2, 0.25) is 0 Å². The minimum absolute atomic E-state index is 0.543. The van der Waals surface area contributed by atoms with Crippen LogP contribution in [-0.2, 0) is 0 Å². The number of rotatable bonds is 4. The molecule has 4 nitrogen and oxygen atoms in total. The zero-order valence-corrected chi connectivity index (χ0v) is 24.6. The van der Waals surface area contributed by atoms with Crippen molar-refractivity contribution in [2.75, 3.05) is 0 Å². The van der Waals surface area contributed by atoms with Crippen molar-refractivity contribution in [1.82, 2.24) is 9.97 Å². The molecule has 0 saturated carbocycles. The number of benzene rings is 6. The zero-order valence-electron chi connectivity index (χ0n) is 24.6. The first kappa shape index (κ1) is 27.0. The molecule has 0 aliphatic heterocycles. The van der Waals surface area contributed by atoms with Gasteiger partial charge in [-0.25, -0.2) is 0 Å². The van der Waals surface area contributed by atoms with E-state index in [1.165, 1.54) is 43.4 Å². The van der Waals surface area contributed by atoms with Crippen LogP contribution in [0.5, 0.6) is 0 Å². The second-order valence-electron chi connectivity index (χ2n) is 11.3. The quantitative estimate of drug-likeness (QED) is 0.152. The monoisotopic (exact) mass is 584 g/mol. The van der Waals surface area contributed by atoms with Gasteiger partial charge >= 0.3 is 0 Å². The molecule has 0 bridgehead atoms. The highest BCUT2D eigenvalue weighted by Gasteiger charge is 2.19. The number of fused-ring (bicyclic) bond motifs is 4. The molecule has 0 saturated heterocycles. The number of nitriles is 2. The van der Waals surface area contributed by atoms with Crippen molar-refractivity contribution >= 4 is 32.3 Å². The molecule has 0 atom stereocenters. The van der Waals surface area contributed by atoms with Crippen LogP contribution in [0, 0.1) is 22.7 Å². The Balaban J connectivity index is 1.37. The normalized spacial score (nSPS) is 11.0. The van der Waals surface area contributed by atoms with Crippen molar-refractivity contribution < 1.29 is 0 Å². The highest BCUT2D eigenvalue weighted by atomic mass is 14.6. The van der Waals surface area contributed by atoms with Gasteiger partial charge in [0.15, 0.2) is 0 Å². The summed E-state index contributed by atoms with van der Waals surface area (Å²) in [4.78, 5) is 8.51. The molecule has 0 fully saturated rings. The van der Waals surface area contributed by atoms with Crippen LogP contribution < -0.4 is 0 Å². The minimum Gasteiger partial charge on any atom is -0.263 e. The van der Waals surface area contributed by atoms with Crippen molar-refractivity contribution in [3.05, 3.63) is 157 Å². The average molecular weight is 585 g/mol. The zero-order chi connectivity index (χ0) is 31.0. The van der Waals surface area contributed by atoms with Crippen molar-refractivity contribution in [2.24, 2.45) is 0 Å². The first-order valence-corrected chi connectivity index (χ1v) is 15.0. The van der Waals surface area contributed by atoms with Crippen molar-refractivity contribution in [3.8, 4) is 56.6 Å². The molecule has 212 valence electrons. The molecule has 0 N–H and O–H groups in total. The summed E-state index contributed by atoms with van der Waals surface area (Å²) in [6.45, 7) is 0. The third-order valence-corrected chi connectivity index (χ3v) is 8.66. The Kier molecular flexibility index (Phi) is 6.53. The summed E-state index contributed by atoms with van der Waals surface area (Å²) in [6, 6.07) is 46.9. The van der Waals surface area contributed by atoms with Crippen LogP contribution in [0.1, 0.15) is 11.1 Å². The lowest BCUT2D eigenvalue weighted by atomic mass is 9.83. The van der Waals surface area contributed by atoms with E-state index < -0.39 is 0 Å². The second kappa shape index (κ2) is 11.1. The molecule has 8 aromatic rings. The molecule has 2 aromatic heterocycles. The van der Waals surface area contributed by atoms with E-state index in [9.17, 15) is 10.5 Å². The standard InChI is InChI=1S/C42H24N4/c43-21-27-19-34(25-45-23-27)29-9-13-32(14-10-29)40-37-7-3-4-8-38(37)41(42-36-6-2-1-5-31(36)17-18-39(40)42)33-15-11-30(12-16-33)35-20-28(22-44)24-46-26-35/h1-20,23-26H. The summed E-state index contributed by atoms with van der Waals surface area (Å²) >= 11 is 0. The topological polar surface area (TPSA) is 73.4 Å². The molecule has 6 aromatic carbocycles. The third-order valence-electron chi connectivity index (χ3n) is 8.66. The lowest BCUT2D eigenvalue weighted by molar-refractivity contribution is 1.30. The molecule has 46 heavy (non-hydrogen) atoms. The summed E-state index contributed by atoms with van der Waals surface area (Å²) in [5.41, 5.74) is 9.57. The molecule has 0 amide bonds. The van der Waals surface area contributed by atoms with Gasteiger partial charge in [-0.05, 0) is 77.8 Å². The maximum atomic E-state index is 9.38. The summed E-state index contributed by atoms with van der Waals surface area (Å²) in [5, 5.41) is 25.9. The predicted octanol–water partition coefficient (Wildman–Crippen LogP) is 10.3. The fourth-order valence-electron chi connectivity index (χ4n) is 6.54. The fourth-order valence-corrected chi connectivity index (χ4v) is 6.54. The highest BCUT2D eigenvalue weighted by Crippen LogP contribution is 2.46. The number of hydrogen-bond acceptors (Lipinski definition) is 4. The highest BCUT2D eigenvalue weighted by molar-refractivity contribution is 6.27. The maximum Gasteiger partial charge on any atom is 0.101 e. The van der Waals surface area contributed by atoms with Crippen LogP contribution in [0.25, 0.3) is 76.8 Å². The summed E-state index contributed by atoms with van der Waals surface area (Å²) in [6.07, 6.45) is 6.76. The van der Waals surface area contributed by atoms with Gasteiger partial charge in [0.1, 0.15) is 12.1 Å². The van der Waals surface area contributed by atoms with Gasteiger partial charge < -0.3 is 0 Å². The number of hydrogen-bond donors (Lipinski definition) is 0. The second-order valence-corrected chi connectivity index (χ2v) is 11.3. The largest absolute Gasteiger partial charge is 0.263 e. The molecular formula is C42H24N4. The van der Waals surface area contributed by atoms with Gasteiger partial charge in [-0.3, -0.25) is 9.97 Å². The van der Waals surface area contributed by atoms with Crippen molar-refractivity contribution in [3.63, 3.8) is 0 Å². The molecule has 0 spiro atoms. The number of aromatic nitrogens is 2. The summed E-state index contributed by atoms with van der Waals surface area (Å²) < 4.78 is 0. The van der Waals surface area contributed by atoms with E-state index in [2.05, 4.69) is 131 Å². The Bertz CT molecular complexity index is 2530. The third kappa shape index (κ3) is 4.54. The molecule has 2 heterocycles. The van der Waals surface area contributed by atoms with Crippen LogP contribution in [-0.4, -0.2) is 9.97 Å². The van der Waals surface area contributed by atoms with E-state index in [0.29, 0.717) is 11.1 Å². The summed E-state index contributed by atoms with van der Waals surface area (Å²) in [5.74, 6) is 0. The first-order chi connectivity index (χ1) is 22.7. The smallest absolute Gasteiger partial charge is 0.101 e. The van der Waals surface area contributed by atoms with Gasteiger partial charge in [-0.1, -0.05) is 109 Å². The van der Waals surface area contributed by atoms with E-state index in [1.54, 1.807) is 24.8 Å². The van der Waals surface area contributed by atoms with Crippen LogP contribution >= 0.6 is 0 Å². The lowest BCUT2D eigenvalue weighted by Gasteiger charge is -2.19. The van der Waals surface area contributed by atoms with Gasteiger partial charge in [0.25, 0.3) is 0 Å². The Morgan fingerprint density at radius 2 is 0.870 bits per heavy atom. The molecule has 8 rings (SSSR count). The molecular weight excluding hydrogens is 560 g/mol. The molecule has 0 radical (unpaired) electrons. The molecule has 0 aliphatic rings. The van der Waals surface area contributed by atoms with Gasteiger partial charge in [-0.2, -0.15) is 10.5 Å².